The highest BCUT2D eigenvalue weighted by molar-refractivity contribution is 4.67. The van der Waals surface area contributed by atoms with Gasteiger partial charge in [-0.2, -0.15) is 0 Å². The molecule has 0 aromatic rings. The third-order valence-electron chi connectivity index (χ3n) is 1.19. The lowest BCUT2D eigenvalue weighted by Crippen LogP contribution is -2.39. The summed E-state index contributed by atoms with van der Waals surface area (Å²) in [5.41, 5.74) is 0. The quantitative estimate of drug-likeness (QED) is 0.429. The summed E-state index contributed by atoms with van der Waals surface area (Å²) < 4.78 is 0. The summed E-state index contributed by atoms with van der Waals surface area (Å²) in [7, 11) is 0. The molecule has 3 heteroatoms. The average Bonchev–Trinajstić information content (AvgIpc) is 1.67. The van der Waals surface area contributed by atoms with E-state index in [0.717, 1.165) is 0 Å². The van der Waals surface area contributed by atoms with Gasteiger partial charge in [0.1, 0.15) is 6.10 Å². The Morgan fingerprint density at radius 2 is 1.88 bits per heavy atom. The van der Waals surface area contributed by atoms with Crippen LogP contribution in [-0.2, 0) is 0 Å². The topological polar surface area (TPSA) is 60.7 Å². The molecule has 0 radical (unpaired) electrons. The molecule has 0 rings (SSSR count). The van der Waals surface area contributed by atoms with E-state index in [2.05, 4.69) is 0 Å². The van der Waals surface area contributed by atoms with E-state index in [1.54, 1.807) is 6.92 Å². The van der Waals surface area contributed by atoms with Crippen LogP contribution in [0.15, 0.2) is 0 Å². The lowest BCUT2D eigenvalue weighted by Gasteiger charge is -2.22. The highest BCUT2D eigenvalue weighted by Gasteiger charge is 2.26. The summed E-state index contributed by atoms with van der Waals surface area (Å²) in [6.45, 7) is 2.93. The predicted molar refractivity (Wildman–Crippen MR) is 29.1 cm³/mol. The van der Waals surface area contributed by atoms with Gasteiger partial charge in [-0.1, -0.05) is 6.92 Å². The van der Waals surface area contributed by atoms with Gasteiger partial charge in [0, 0.05) is 6.42 Å². The number of rotatable bonds is 2. The van der Waals surface area contributed by atoms with E-state index in [1.165, 1.54) is 6.92 Å². The molecule has 0 saturated heterocycles. The van der Waals surface area contributed by atoms with Crippen molar-refractivity contribution >= 4 is 0 Å². The zero-order chi connectivity index (χ0) is 6.78. The zero-order valence-corrected chi connectivity index (χ0v) is 5.13. The maximum absolute atomic E-state index is 8.71. The van der Waals surface area contributed by atoms with Crippen LogP contribution in [0.5, 0.6) is 0 Å². The van der Waals surface area contributed by atoms with Gasteiger partial charge in [0.25, 0.3) is 0 Å². The van der Waals surface area contributed by atoms with Crippen LogP contribution in [0.2, 0.25) is 0 Å². The van der Waals surface area contributed by atoms with Gasteiger partial charge < -0.3 is 15.3 Å². The minimum absolute atomic E-state index is 0.144. The molecule has 3 nitrogen and oxygen atoms in total. The number of aliphatic hydroxyl groups excluding tert-OH is 1. The van der Waals surface area contributed by atoms with Crippen LogP contribution < -0.4 is 0 Å². The number of hydrogen-bond acceptors (Lipinski definition) is 3. The molecule has 0 aromatic carbocycles. The van der Waals surface area contributed by atoms with Crippen molar-refractivity contribution in [1.82, 2.24) is 0 Å². The molecule has 3 N–H and O–H groups in total. The van der Waals surface area contributed by atoms with Crippen molar-refractivity contribution in [3.8, 4) is 0 Å². The zero-order valence-electron chi connectivity index (χ0n) is 5.13. The standard InChI is InChI=1S/C5H12O3/c1-3-5(7,8)4(2)6/h4,6-8H,3H2,1-2H3/t4-/m1/s1. The Balaban J connectivity index is 3.71. The fraction of sp³-hybridized carbons (Fsp3) is 1.00. The third-order valence-corrected chi connectivity index (χ3v) is 1.19. The molecule has 0 bridgehead atoms. The summed E-state index contributed by atoms with van der Waals surface area (Å²) in [5.74, 6) is -1.90. The van der Waals surface area contributed by atoms with Crippen LogP contribution >= 0.6 is 0 Å². The Bertz CT molecular complexity index is 68.1. The van der Waals surface area contributed by atoms with Crippen LogP contribution in [0.1, 0.15) is 20.3 Å². The van der Waals surface area contributed by atoms with Gasteiger partial charge in [-0.05, 0) is 6.92 Å². The Hall–Kier alpha value is -0.120. The molecule has 0 fully saturated rings. The molecular formula is C5H12O3. The van der Waals surface area contributed by atoms with E-state index in [4.69, 9.17) is 15.3 Å². The van der Waals surface area contributed by atoms with Crippen molar-refractivity contribution in [1.29, 1.82) is 0 Å². The van der Waals surface area contributed by atoms with E-state index in [0.29, 0.717) is 0 Å². The third kappa shape index (κ3) is 1.78. The van der Waals surface area contributed by atoms with Crippen molar-refractivity contribution in [3.05, 3.63) is 0 Å². The molecule has 0 heterocycles. The second-order valence-electron chi connectivity index (χ2n) is 1.91. The summed E-state index contributed by atoms with van der Waals surface area (Å²) >= 11 is 0. The molecule has 0 aliphatic carbocycles. The van der Waals surface area contributed by atoms with Gasteiger partial charge in [-0.25, -0.2) is 0 Å². The molecule has 0 spiro atoms. The van der Waals surface area contributed by atoms with Crippen LogP contribution in [0, 0.1) is 0 Å². The van der Waals surface area contributed by atoms with E-state index in [1.807, 2.05) is 0 Å². The molecular weight excluding hydrogens is 108 g/mol. The summed E-state index contributed by atoms with van der Waals surface area (Å²) in [4.78, 5) is 0. The smallest absolute Gasteiger partial charge is 0.188 e. The van der Waals surface area contributed by atoms with Crippen molar-refractivity contribution in [3.63, 3.8) is 0 Å². The molecule has 8 heavy (non-hydrogen) atoms. The molecule has 0 aromatic heterocycles. The summed E-state index contributed by atoms with van der Waals surface area (Å²) in [6.07, 6.45) is -0.933. The minimum atomic E-state index is -1.90. The van der Waals surface area contributed by atoms with Crippen LogP contribution in [-0.4, -0.2) is 27.2 Å². The largest absolute Gasteiger partial charge is 0.388 e. The number of aliphatic hydroxyl groups is 3. The lowest BCUT2D eigenvalue weighted by molar-refractivity contribution is -0.220. The van der Waals surface area contributed by atoms with Crippen molar-refractivity contribution in [2.45, 2.75) is 32.2 Å². The molecule has 0 aliphatic rings. The van der Waals surface area contributed by atoms with Crippen molar-refractivity contribution in [2.24, 2.45) is 0 Å². The van der Waals surface area contributed by atoms with Crippen molar-refractivity contribution in [2.75, 3.05) is 0 Å². The molecule has 50 valence electrons. The molecule has 0 saturated carbocycles. The Morgan fingerprint density at radius 3 is 1.88 bits per heavy atom. The molecule has 0 aliphatic heterocycles. The van der Waals surface area contributed by atoms with Gasteiger partial charge in [0.2, 0.25) is 0 Å². The van der Waals surface area contributed by atoms with Crippen LogP contribution in [0.3, 0.4) is 0 Å². The lowest BCUT2D eigenvalue weighted by atomic mass is 10.1. The van der Waals surface area contributed by atoms with Crippen LogP contribution in [0.4, 0.5) is 0 Å². The molecule has 1 atom stereocenters. The average molecular weight is 120 g/mol. The first kappa shape index (κ1) is 7.88. The normalized spacial score (nSPS) is 16.1. The van der Waals surface area contributed by atoms with E-state index in [-0.39, 0.29) is 6.42 Å². The fourth-order valence-corrected chi connectivity index (χ4v) is 0.295. The van der Waals surface area contributed by atoms with Gasteiger partial charge >= 0.3 is 0 Å². The SMILES string of the molecule is CCC(O)(O)[C@@H](C)O. The van der Waals surface area contributed by atoms with Crippen LogP contribution in [0.25, 0.3) is 0 Å². The fourth-order valence-electron chi connectivity index (χ4n) is 0.295. The maximum atomic E-state index is 8.71. The second kappa shape index (κ2) is 2.44. The highest BCUT2D eigenvalue weighted by atomic mass is 16.5. The molecule has 0 amide bonds. The number of hydrogen-bond donors (Lipinski definition) is 3. The Morgan fingerprint density at radius 1 is 1.50 bits per heavy atom. The van der Waals surface area contributed by atoms with Gasteiger partial charge in [-0.15, -0.1) is 0 Å². The van der Waals surface area contributed by atoms with E-state index >= 15 is 0 Å². The van der Waals surface area contributed by atoms with Crippen molar-refractivity contribution < 1.29 is 15.3 Å². The Labute approximate surface area is 48.6 Å². The first-order chi connectivity index (χ1) is 3.50. The van der Waals surface area contributed by atoms with E-state index < -0.39 is 11.9 Å². The second-order valence-corrected chi connectivity index (χ2v) is 1.91. The molecule has 0 unspecified atom stereocenters. The summed E-state index contributed by atoms with van der Waals surface area (Å²) in [6, 6.07) is 0. The minimum Gasteiger partial charge on any atom is -0.388 e. The Kier molecular flexibility index (Phi) is 2.40. The first-order valence-corrected chi connectivity index (χ1v) is 2.63. The van der Waals surface area contributed by atoms with Gasteiger partial charge in [0.15, 0.2) is 5.79 Å². The van der Waals surface area contributed by atoms with E-state index in [9.17, 15) is 0 Å². The summed E-state index contributed by atoms with van der Waals surface area (Å²) in [5, 5.41) is 26.0. The predicted octanol–water partition coefficient (Wildman–Crippen LogP) is -0.542. The van der Waals surface area contributed by atoms with Gasteiger partial charge in [0.05, 0.1) is 0 Å². The van der Waals surface area contributed by atoms with Gasteiger partial charge in [-0.3, -0.25) is 0 Å². The first-order valence-electron chi connectivity index (χ1n) is 2.63. The highest BCUT2D eigenvalue weighted by Crippen LogP contribution is 2.09. The maximum Gasteiger partial charge on any atom is 0.188 e. The monoisotopic (exact) mass is 120 g/mol.